The van der Waals surface area contributed by atoms with Gasteiger partial charge < -0.3 is 18.9 Å². The van der Waals surface area contributed by atoms with Gasteiger partial charge in [-0.3, -0.25) is 0 Å². The number of ether oxygens (including phenoxy) is 4. The normalized spacial score (nSPS) is 14.6. The van der Waals surface area contributed by atoms with Crippen LogP contribution in [0.2, 0.25) is 0 Å². The fourth-order valence-electron chi connectivity index (χ4n) is 1.88. The lowest BCUT2D eigenvalue weighted by atomic mass is 10.2. The van der Waals surface area contributed by atoms with E-state index in [-0.39, 0.29) is 6.61 Å². The zero-order chi connectivity index (χ0) is 20.6. The molecule has 1 aromatic carbocycles. The third-order valence-electron chi connectivity index (χ3n) is 3.33. The molecule has 0 aromatic heterocycles. The number of hydrogen-bond donors (Lipinski definition) is 0. The summed E-state index contributed by atoms with van der Waals surface area (Å²) in [4.78, 5) is 35.9. The monoisotopic (exact) mass is 380 g/mol. The largest absolute Gasteiger partial charge is 0.457 e. The first kappa shape index (κ1) is 22.6. The third kappa shape index (κ3) is 8.68. The molecule has 0 radical (unpaired) electrons. The summed E-state index contributed by atoms with van der Waals surface area (Å²) in [7, 11) is 0. The van der Waals surface area contributed by atoms with Crippen molar-refractivity contribution in [3.63, 3.8) is 0 Å². The van der Waals surface area contributed by atoms with Crippen molar-refractivity contribution in [2.75, 3.05) is 0 Å². The van der Waals surface area contributed by atoms with Gasteiger partial charge in [0.2, 0.25) is 0 Å². The number of benzene rings is 1. The Kier molecular flexibility index (Phi) is 8.43. The topological polar surface area (TPSA) is 88.1 Å². The maximum absolute atomic E-state index is 12.0. The van der Waals surface area contributed by atoms with Gasteiger partial charge in [0.25, 0.3) is 0 Å². The Morgan fingerprint density at radius 2 is 1.30 bits per heavy atom. The fraction of sp³-hybridized carbons (Fsp3) is 0.550. The van der Waals surface area contributed by atoms with E-state index < -0.39 is 41.8 Å². The molecule has 0 fully saturated rings. The van der Waals surface area contributed by atoms with E-state index in [1.807, 2.05) is 30.3 Å². The minimum atomic E-state index is -1.18. The van der Waals surface area contributed by atoms with Crippen LogP contribution >= 0.6 is 0 Å². The maximum atomic E-state index is 12.0. The molecule has 0 bridgehead atoms. The first-order chi connectivity index (χ1) is 12.5. The molecule has 0 unspecified atom stereocenters. The maximum Gasteiger partial charge on any atom is 0.347 e. The third-order valence-corrected chi connectivity index (χ3v) is 3.33. The van der Waals surface area contributed by atoms with Crippen molar-refractivity contribution in [3.8, 4) is 0 Å². The lowest BCUT2D eigenvalue weighted by Gasteiger charge is -2.23. The first-order valence-corrected chi connectivity index (χ1v) is 8.79. The lowest BCUT2D eigenvalue weighted by molar-refractivity contribution is -0.183. The van der Waals surface area contributed by atoms with Crippen LogP contribution in [0.25, 0.3) is 0 Å². The molecule has 0 saturated heterocycles. The SMILES string of the molecule is C[C@H](OC(=O)[C@@H](C)OCc1ccccc1)C(=O)O[C@H](C)C(=O)OC(C)(C)C. The molecular weight excluding hydrogens is 352 g/mol. The van der Waals surface area contributed by atoms with Crippen molar-refractivity contribution >= 4 is 17.9 Å². The number of carbonyl (C=O) groups is 3. The van der Waals surface area contributed by atoms with Gasteiger partial charge in [-0.1, -0.05) is 30.3 Å². The number of rotatable bonds is 8. The summed E-state index contributed by atoms with van der Waals surface area (Å²) < 4.78 is 20.6. The smallest absolute Gasteiger partial charge is 0.347 e. The highest BCUT2D eigenvalue weighted by Gasteiger charge is 2.29. The summed E-state index contributed by atoms with van der Waals surface area (Å²) in [5.41, 5.74) is 0.220. The number of carbonyl (C=O) groups excluding carboxylic acids is 3. The Morgan fingerprint density at radius 3 is 1.81 bits per heavy atom. The molecule has 3 atom stereocenters. The Labute approximate surface area is 159 Å². The van der Waals surface area contributed by atoms with Crippen molar-refractivity contribution in [2.24, 2.45) is 0 Å². The Morgan fingerprint density at radius 1 is 0.815 bits per heavy atom. The van der Waals surface area contributed by atoms with Crippen molar-refractivity contribution < 1.29 is 33.3 Å². The molecule has 0 aliphatic rings. The summed E-state index contributed by atoms with van der Waals surface area (Å²) in [5.74, 6) is -2.20. The van der Waals surface area contributed by atoms with E-state index >= 15 is 0 Å². The second-order valence-electron chi connectivity index (χ2n) is 7.13. The fourth-order valence-corrected chi connectivity index (χ4v) is 1.88. The molecule has 0 N–H and O–H groups in total. The summed E-state index contributed by atoms with van der Waals surface area (Å²) in [6.07, 6.45) is -3.14. The molecule has 7 heteroatoms. The zero-order valence-electron chi connectivity index (χ0n) is 16.7. The molecule has 1 aromatic rings. The molecule has 0 aliphatic carbocycles. The first-order valence-electron chi connectivity index (χ1n) is 8.79. The average molecular weight is 380 g/mol. The van der Waals surface area contributed by atoms with Crippen LogP contribution in [0.15, 0.2) is 30.3 Å². The molecular formula is C20H28O7. The van der Waals surface area contributed by atoms with Gasteiger partial charge in [0.1, 0.15) is 5.60 Å². The summed E-state index contributed by atoms with van der Waals surface area (Å²) in [5, 5.41) is 0. The van der Waals surface area contributed by atoms with Gasteiger partial charge in [0.15, 0.2) is 18.3 Å². The van der Waals surface area contributed by atoms with Crippen molar-refractivity contribution in [1.82, 2.24) is 0 Å². The second-order valence-corrected chi connectivity index (χ2v) is 7.13. The van der Waals surface area contributed by atoms with E-state index in [0.717, 1.165) is 5.56 Å². The lowest BCUT2D eigenvalue weighted by Crippen LogP contribution is -2.37. The van der Waals surface area contributed by atoms with Gasteiger partial charge in [-0.05, 0) is 47.1 Å². The quantitative estimate of drug-likeness (QED) is 0.506. The second kappa shape index (κ2) is 10.1. The molecule has 150 valence electrons. The predicted octanol–water partition coefficient (Wildman–Crippen LogP) is 2.80. The Hall–Kier alpha value is -2.41. The van der Waals surface area contributed by atoms with E-state index in [0.29, 0.717) is 0 Å². The minimum absolute atomic E-state index is 0.242. The van der Waals surface area contributed by atoms with Crippen LogP contribution in [0, 0.1) is 0 Å². The van der Waals surface area contributed by atoms with E-state index in [1.165, 1.54) is 20.8 Å². The van der Waals surface area contributed by atoms with Gasteiger partial charge in [0.05, 0.1) is 6.61 Å². The van der Waals surface area contributed by atoms with Crippen molar-refractivity contribution in [3.05, 3.63) is 35.9 Å². The Balaban J connectivity index is 2.44. The van der Waals surface area contributed by atoms with Crippen molar-refractivity contribution in [1.29, 1.82) is 0 Å². The summed E-state index contributed by atoms with van der Waals surface area (Å²) in [6.45, 7) is 9.67. The summed E-state index contributed by atoms with van der Waals surface area (Å²) in [6, 6.07) is 9.36. The van der Waals surface area contributed by atoms with Crippen LogP contribution < -0.4 is 0 Å². The highest BCUT2D eigenvalue weighted by Crippen LogP contribution is 2.11. The molecule has 1 rings (SSSR count). The van der Waals surface area contributed by atoms with E-state index in [4.69, 9.17) is 18.9 Å². The van der Waals surface area contributed by atoms with Crippen LogP contribution in [0.5, 0.6) is 0 Å². The van der Waals surface area contributed by atoms with Crippen LogP contribution in [-0.4, -0.2) is 41.8 Å². The highest BCUT2D eigenvalue weighted by molar-refractivity contribution is 5.83. The number of esters is 3. The zero-order valence-corrected chi connectivity index (χ0v) is 16.7. The van der Waals surface area contributed by atoms with Crippen molar-refractivity contribution in [2.45, 2.75) is 72.1 Å². The van der Waals surface area contributed by atoms with Gasteiger partial charge >= 0.3 is 17.9 Å². The van der Waals surface area contributed by atoms with Gasteiger partial charge in [0, 0.05) is 0 Å². The highest BCUT2D eigenvalue weighted by atomic mass is 16.6. The predicted molar refractivity (Wildman–Crippen MR) is 97.6 cm³/mol. The van der Waals surface area contributed by atoms with Gasteiger partial charge in [-0.2, -0.15) is 0 Å². The number of hydrogen-bond acceptors (Lipinski definition) is 7. The molecule has 27 heavy (non-hydrogen) atoms. The molecule has 0 spiro atoms. The minimum Gasteiger partial charge on any atom is -0.457 e. The van der Waals surface area contributed by atoms with Gasteiger partial charge in [-0.15, -0.1) is 0 Å². The molecule has 0 saturated carbocycles. The average Bonchev–Trinajstić information content (AvgIpc) is 2.58. The van der Waals surface area contributed by atoms with Crippen LogP contribution in [0.3, 0.4) is 0 Å². The van der Waals surface area contributed by atoms with Crippen LogP contribution in [0.1, 0.15) is 47.1 Å². The van der Waals surface area contributed by atoms with E-state index in [1.54, 1.807) is 20.8 Å². The van der Waals surface area contributed by atoms with E-state index in [2.05, 4.69) is 0 Å². The van der Waals surface area contributed by atoms with E-state index in [9.17, 15) is 14.4 Å². The molecule has 0 amide bonds. The van der Waals surface area contributed by atoms with Crippen LogP contribution in [0.4, 0.5) is 0 Å². The molecule has 0 aliphatic heterocycles. The molecule has 0 heterocycles. The Bertz CT molecular complexity index is 633. The van der Waals surface area contributed by atoms with Crippen LogP contribution in [-0.2, 0) is 39.9 Å². The van der Waals surface area contributed by atoms with Gasteiger partial charge in [-0.25, -0.2) is 14.4 Å². The molecule has 7 nitrogen and oxygen atoms in total. The standard InChI is InChI=1S/C20H28O7/c1-13(24-12-16-10-8-7-9-11-16)17(21)25-14(2)18(22)26-15(3)19(23)27-20(4,5)6/h7-11,13-15H,12H2,1-6H3/t13-,14+,15-/m1/s1. The summed E-state index contributed by atoms with van der Waals surface area (Å²) >= 11 is 0.